The van der Waals surface area contributed by atoms with Crippen LogP contribution in [0.4, 0.5) is 5.69 Å². The summed E-state index contributed by atoms with van der Waals surface area (Å²) in [5, 5.41) is 2.76. The zero-order valence-electron chi connectivity index (χ0n) is 10.5. The van der Waals surface area contributed by atoms with Gasteiger partial charge in [-0.2, -0.15) is 0 Å². The first-order chi connectivity index (χ1) is 9.04. The van der Waals surface area contributed by atoms with Crippen molar-refractivity contribution in [1.82, 2.24) is 5.32 Å². The molecule has 102 valence electrons. The van der Waals surface area contributed by atoms with E-state index in [1.807, 2.05) is 25.1 Å². The lowest BCUT2D eigenvalue weighted by Gasteiger charge is -2.25. The van der Waals surface area contributed by atoms with Gasteiger partial charge in [-0.05, 0) is 50.4 Å². The van der Waals surface area contributed by atoms with Crippen molar-refractivity contribution in [3.63, 3.8) is 0 Å². The summed E-state index contributed by atoms with van der Waals surface area (Å²) in [7, 11) is 0. The number of carbonyl (C=O) groups is 2. The Kier molecular flexibility index (Phi) is 4.62. The SMILES string of the molecule is CCC1NC(=O)CCN(c2c(Br)cccc2Br)C1=O. The van der Waals surface area contributed by atoms with Crippen LogP contribution in [-0.4, -0.2) is 24.4 Å². The van der Waals surface area contributed by atoms with E-state index in [-0.39, 0.29) is 11.8 Å². The molecule has 1 aliphatic heterocycles. The number of halogens is 2. The van der Waals surface area contributed by atoms with E-state index in [2.05, 4.69) is 37.2 Å². The molecule has 1 atom stereocenters. The quantitative estimate of drug-likeness (QED) is 0.845. The molecule has 1 saturated heterocycles. The number of amides is 2. The minimum Gasteiger partial charge on any atom is -0.344 e. The molecule has 4 nitrogen and oxygen atoms in total. The maximum atomic E-state index is 12.5. The van der Waals surface area contributed by atoms with Crippen LogP contribution in [0.5, 0.6) is 0 Å². The second kappa shape index (κ2) is 6.05. The van der Waals surface area contributed by atoms with Crippen LogP contribution in [0.15, 0.2) is 27.1 Å². The molecule has 1 N–H and O–H groups in total. The van der Waals surface area contributed by atoms with Gasteiger partial charge in [-0.15, -0.1) is 0 Å². The molecule has 1 aromatic rings. The number of nitrogens with one attached hydrogen (secondary N) is 1. The van der Waals surface area contributed by atoms with Gasteiger partial charge in [-0.1, -0.05) is 13.0 Å². The summed E-state index contributed by atoms with van der Waals surface area (Å²) in [5.41, 5.74) is 0.780. The van der Waals surface area contributed by atoms with Crippen LogP contribution in [0.3, 0.4) is 0 Å². The lowest BCUT2D eigenvalue weighted by molar-refractivity contribution is -0.125. The Labute approximate surface area is 128 Å². The predicted octanol–water partition coefficient (Wildman–Crippen LogP) is 2.84. The fourth-order valence-corrected chi connectivity index (χ4v) is 3.51. The zero-order valence-corrected chi connectivity index (χ0v) is 13.6. The van der Waals surface area contributed by atoms with Gasteiger partial charge >= 0.3 is 0 Å². The lowest BCUT2D eigenvalue weighted by Crippen LogP contribution is -2.44. The van der Waals surface area contributed by atoms with E-state index in [0.717, 1.165) is 14.6 Å². The Balaban J connectivity index is 2.42. The second-order valence-electron chi connectivity index (χ2n) is 4.34. The maximum absolute atomic E-state index is 12.5. The Morgan fingerprint density at radius 3 is 2.53 bits per heavy atom. The smallest absolute Gasteiger partial charge is 0.249 e. The van der Waals surface area contributed by atoms with Crippen molar-refractivity contribution in [2.75, 3.05) is 11.4 Å². The molecule has 19 heavy (non-hydrogen) atoms. The number of nitrogens with zero attached hydrogens (tertiary/aromatic N) is 1. The van der Waals surface area contributed by atoms with Gasteiger partial charge in [0.25, 0.3) is 0 Å². The highest BCUT2D eigenvalue weighted by molar-refractivity contribution is 9.11. The first kappa shape index (κ1) is 14.5. The van der Waals surface area contributed by atoms with Gasteiger partial charge in [0, 0.05) is 21.9 Å². The minimum atomic E-state index is -0.450. The molecule has 0 saturated carbocycles. The standard InChI is InChI=1S/C13H14Br2N2O2/c1-2-10-13(19)17(7-6-11(18)16-10)12-8(14)4-3-5-9(12)15/h3-5,10H,2,6-7H2,1H3,(H,16,18). The summed E-state index contributed by atoms with van der Waals surface area (Å²) < 4.78 is 1.67. The molecular formula is C13H14Br2N2O2. The van der Waals surface area contributed by atoms with Gasteiger partial charge in [0.2, 0.25) is 11.8 Å². The number of hydrogen-bond donors (Lipinski definition) is 1. The average Bonchev–Trinajstić information content (AvgIpc) is 2.51. The zero-order chi connectivity index (χ0) is 14.0. The van der Waals surface area contributed by atoms with Crippen molar-refractivity contribution < 1.29 is 9.59 Å². The van der Waals surface area contributed by atoms with E-state index in [4.69, 9.17) is 0 Å². The van der Waals surface area contributed by atoms with Gasteiger partial charge in [0.15, 0.2) is 0 Å². The van der Waals surface area contributed by atoms with Gasteiger partial charge < -0.3 is 10.2 Å². The van der Waals surface area contributed by atoms with E-state index in [0.29, 0.717) is 19.4 Å². The third-order valence-electron chi connectivity index (χ3n) is 3.08. The molecule has 0 aromatic heterocycles. The molecule has 1 aliphatic rings. The molecule has 1 aromatic carbocycles. The number of carbonyl (C=O) groups excluding carboxylic acids is 2. The monoisotopic (exact) mass is 388 g/mol. The van der Waals surface area contributed by atoms with Crippen molar-refractivity contribution in [2.24, 2.45) is 0 Å². The van der Waals surface area contributed by atoms with Gasteiger partial charge in [-0.3, -0.25) is 9.59 Å². The Hall–Kier alpha value is -0.880. The highest BCUT2D eigenvalue weighted by Crippen LogP contribution is 2.35. The van der Waals surface area contributed by atoms with E-state index < -0.39 is 6.04 Å². The Morgan fingerprint density at radius 1 is 1.32 bits per heavy atom. The molecule has 1 fully saturated rings. The van der Waals surface area contributed by atoms with Crippen molar-refractivity contribution in [1.29, 1.82) is 0 Å². The Morgan fingerprint density at radius 2 is 1.95 bits per heavy atom. The van der Waals surface area contributed by atoms with Crippen LogP contribution in [0.1, 0.15) is 19.8 Å². The minimum absolute atomic E-state index is 0.0686. The fourth-order valence-electron chi connectivity index (χ4n) is 2.09. The van der Waals surface area contributed by atoms with Crippen molar-refractivity contribution >= 4 is 49.4 Å². The summed E-state index contributed by atoms with van der Waals surface area (Å²) in [6, 6.07) is 5.21. The van der Waals surface area contributed by atoms with Crippen LogP contribution in [0.2, 0.25) is 0 Å². The number of rotatable bonds is 2. The van der Waals surface area contributed by atoms with Crippen molar-refractivity contribution in [3.8, 4) is 0 Å². The molecule has 1 unspecified atom stereocenters. The van der Waals surface area contributed by atoms with Gasteiger partial charge in [0.1, 0.15) is 6.04 Å². The van der Waals surface area contributed by atoms with E-state index >= 15 is 0 Å². The summed E-state index contributed by atoms with van der Waals surface area (Å²) in [5.74, 6) is -0.146. The second-order valence-corrected chi connectivity index (χ2v) is 6.05. The average molecular weight is 390 g/mol. The van der Waals surface area contributed by atoms with E-state index in [1.54, 1.807) is 4.90 Å². The number of benzene rings is 1. The number of para-hydroxylation sites is 1. The molecule has 0 radical (unpaired) electrons. The third-order valence-corrected chi connectivity index (χ3v) is 4.36. The van der Waals surface area contributed by atoms with Crippen molar-refractivity contribution in [2.45, 2.75) is 25.8 Å². The van der Waals surface area contributed by atoms with Crippen LogP contribution in [0, 0.1) is 0 Å². The molecule has 2 amide bonds. The van der Waals surface area contributed by atoms with Gasteiger partial charge in [0.05, 0.1) is 5.69 Å². The molecule has 0 bridgehead atoms. The topological polar surface area (TPSA) is 49.4 Å². The third kappa shape index (κ3) is 3.00. The predicted molar refractivity (Wildman–Crippen MR) is 81.0 cm³/mol. The summed E-state index contributed by atoms with van der Waals surface area (Å²) >= 11 is 6.93. The number of hydrogen-bond acceptors (Lipinski definition) is 2. The van der Waals surface area contributed by atoms with Crippen LogP contribution in [0.25, 0.3) is 0 Å². The molecule has 6 heteroatoms. The fraction of sp³-hybridized carbons (Fsp3) is 0.385. The first-order valence-corrected chi connectivity index (χ1v) is 7.68. The maximum Gasteiger partial charge on any atom is 0.249 e. The largest absolute Gasteiger partial charge is 0.344 e. The highest BCUT2D eigenvalue weighted by atomic mass is 79.9. The normalized spacial score (nSPS) is 20.2. The molecular weight excluding hydrogens is 376 g/mol. The highest BCUT2D eigenvalue weighted by Gasteiger charge is 2.31. The molecule has 0 spiro atoms. The van der Waals surface area contributed by atoms with Crippen LogP contribution in [-0.2, 0) is 9.59 Å². The number of anilines is 1. The lowest BCUT2D eigenvalue weighted by atomic mass is 10.2. The molecule has 2 rings (SSSR count). The Bertz CT molecular complexity index is 499. The van der Waals surface area contributed by atoms with Gasteiger partial charge in [-0.25, -0.2) is 0 Å². The first-order valence-electron chi connectivity index (χ1n) is 6.09. The summed E-state index contributed by atoms with van der Waals surface area (Å²) in [6.07, 6.45) is 0.902. The van der Waals surface area contributed by atoms with Crippen LogP contribution < -0.4 is 10.2 Å². The van der Waals surface area contributed by atoms with Crippen molar-refractivity contribution in [3.05, 3.63) is 27.1 Å². The summed E-state index contributed by atoms with van der Waals surface area (Å²) in [4.78, 5) is 25.8. The van der Waals surface area contributed by atoms with Crippen LogP contribution >= 0.6 is 31.9 Å². The van der Waals surface area contributed by atoms with E-state index in [1.165, 1.54) is 0 Å². The molecule has 1 heterocycles. The molecule has 0 aliphatic carbocycles. The summed E-state index contributed by atoms with van der Waals surface area (Å²) in [6.45, 7) is 2.28. The van der Waals surface area contributed by atoms with E-state index in [9.17, 15) is 9.59 Å².